The lowest BCUT2D eigenvalue weighted by Gasteiger charge is -2.32. The lowest BCUT2D eigenvalue weighted by atomic mass is 10.1. The number of rotatable bonds is 3. The lowest BCUT2D eigenvalue weighted by Crippen LogP contribution is -2.45. The summed E-state index contributed by atoms with van der Waals surface area (Å²) in [6, 6.07) is 5.52. The van der Waals surface area contributed by atoms with Crippen molar-refractivity contribution in [1.82, 2.24) is 4.90 Å². The molecular formula is C14H18Cl2N2OS. The standard InChI is InChI=1S/C14H18Cl2N2OS/c1-9(14(19)18-6-4-11(17)5-7-18)20-13-8-10(15)2-3-12(13)16/h2-3,8-9,11H,4-7,17H2,1H3. The van der Waals surface area contributed by atoms with Crippen LogP contribution in [0.4, 0.5) is 0 Å². The number of nitrogens with two attached hydrogens (primary N) is 1. The third-order valence-corrected chi connectivity index (χ3v) is 5.22. The van der Waals surface area contributed by atoms with E-state index in [9.17, 15) is 4.79 Å². The molecule has 1 amide bonds. The molecule has 1 aromatic carbocycles. The molecule has 20 heavy (non-hydrogen) atoms. The molecular weight excluding hydrogens is 315 g/mol. The number of hydrogen-bond donors (Lipinski definition) is 1. The molecule has 1 heterocycles. The second-order valence-corrected chi connectivity index (χ2v) is 7.22. The van der Waals surface area contributed by atoms with Gasteiger partial charge in [-0.15, -0.1) is 11.8 Å². The second-order valence-electron chi connectivity index (χ2n) is 5.00. The van der Waals surface area contributed by atoms with E-state index in [0.29, 0.717) is 10.0 Å². The Kier molecular flexibility index (Phi) is 5.61. The smallest absolute Gasteiger partial charge is 0.235 e. The van der Waals surface area contributed by atoms with Crippen LogP contribution in [0.25, 0.3) is 0 Å². The average molecular weight is 333 g/mol. The fraction of sp³-hybridized carbons (Fsp3) is 0.500. The van der Waals surface area contributed by atoms with Gasteiger partial charge in [0, 0.05) is 29.0 Å². The van der Waals surface area contributed by atoms with E-state index in [2.05, 4.69) is 0 Å². The minimum absolute atomic E-state index is 0.137. The van der Waals surface area contributed by atoms with E-state index >= 15 is 0 Å². The minimum Gasteiger partial charge on any atom is -0.342 e. The van der Waals surface area contributed by atoms with E-state index in [1.807, 2.05) is 11.8 Å². The van der Waals surface area contributed by atoms with Gasteiger partial charge in [0.15, 0.2) is 0 Å². The van der Waals surface area contributed by atoms with Crippen LogP contribution in [-0.4, -0.2) is 35.2 Å². The maximum absolute atomic E-state index is 12.4. The SMILES string of the molecule is CC(Sc1cc(Cl)ccc1Cl)C(=O)N1CCC(N)CC1. The van der Waals surface area contributed by atoms with Gasteiger partial charge >= 0.3 is 0 Å². The van der Waals surface area contributed by atoms with Crippen molar-refractivity contribution < 1.29 is 4.79 Å². The summed E-state index contributed by atoms with van der Waals surface area (Å²) in [6.07, 6.45) is 1.75. The molecule has 0 radical (unpaired) electrons. The van der Waals surface area contributed by atoms with E-state index in [1.54, 1.807) is 18.2 Å². The molecule has 1 aliphatic rings. The van der Waals surface area contributed by atoms with Crippen molar-refractivity contribution in [2.45, 2.75) is 36.0 Å². The summed E-state index contributed by atoms with van der Waals surface area (Å²) >= 11 is 13.5. The van der Waals surface area contributed by atoms with E-state index in [1.165, 1.54) is 11.8 Å². The monoisotopic (exact) mass is 332 g/mol. The zero-order valence-electron chi connectivity index (χ0n) is 11.3. The Bertz CT molecular complexity index is 490. The number of halogens is 2. The second kappa shape index (κ2) is 7.03. The van der Waals surface area contributed by atoms with Gasteiger partial charge < -0.3 is 10.6 Å². The van der Waals surface area contributed by atoms with Crippen molar-refractivity contribution in [3.05, 3.63) is 28.2 Å². The number of carbonyl (C=O) groups excluding carboxylic acids is 1. The van der Waals surface area contributed by atoms with Crippen LogP contribution in [0.2, 0.25) is 10.0 Å². The van der Waals surface area contributed by atoms with Crippen molar-refractivity contribution in [2.24, 2.45) is 5.73 Å². The normalized spacial score (nSPS) is 18.1. The molecule has 1 atom stereocenters. The number of thioether (sulfide) groups is 1. The quantitative estimate of drug-likeness (QED) is 0.862. The Morgan fingerprint density at radius 1 is 1.40 bits per heavy atom. The number of likely N-dealkylation sites (tertiary alicyclic amines) is 1. The lowest BCUT2D eigenvalue weighted by molar-refractivity contribution is -0.131. The summed E-state index contributed by atoms with van der Waals surface area (Å²) in [5.41, 5.74) is 5.86. The van der Waals surface area contributed by atoms with Crippen LogP contribution in [0.5, 0.6) is 0 Å². The Morgan fingerprint density at radius 3 is 2.70 bits per heavy atom. The predicted molar refractivity (Wildman–Crippen MR) is 85.6 cm³/mol. The number of piperidine rings is 1. The molecule has 1 aliphatic heterocycles. The first-order valence-corrected chi connectivity index (χ1v) is 8.27. The molecule has 2 N–H and O–H groups in total. The first-order chi connectivity index (χ1) is 9.47. The summed E-state index contributed by atoms with van der Waals surface area (Å²) in [5.74, 6) is 0.137. The van der Waals surface area contributed by atoms with Gasteiger partial charge in [-0.2, -0.15) is 0 Å². The Labute approximate surface area is 133 Å². The van der Waals surface area contributed by atoms with E-state index in [0.717, 1.165) is 30.8 Å². The van der Waals surface area contributed by atoms with Crippen LogP contribution in [0.3, 0.4) is 0 Å². The molecule has 6 heteroatoms. The largest absolute Gasteiger partial charge is 0.342 e. The molecule has 1 aromatic rings. The Hall–Kier alpha value is -0.420. The molecule has 0 aromatic heterocycles. The van der Waals surface area contributed by atoms with Gasteiger partial charge in [0.05, 0.1) is 10.3 Å². The highest BCUT2D eigenvalue weighted by Crippen LogP contribution is 2.33. The Balaban J connectivity index is 1.98. The van der Waals surface area contributed by atoms with Gasteiger partial charge in [-0.05, 0) is 38.0 Å². The molecule has 2 rings (SSSR count). The molecule has 3 nitrogen and oxygen atoms in total. The third-order valence-electron chi connectivity index (χ3n) is 3.40. The highest BCUT2D eigenvalue weighted by atomic mass is 35.5. The zero-order valence-corrected chi connectivity index (χ0v) is 13.6. The number of nitrogens with zero attached hydrogens (tertiary/aromatic N) is 1. The molecule has 0 saturated carbocycles. The van der Waals surface area contributed by atoms with Gasteiger partial charge in [0.2, 0.25) is 5.91 Å². The Morgan fingerprint density at radius 2 is 2.05 bits per heavy atom. The molecule has 0 aliphatic carbocycles. The first-order valence-electron chi connectivity index (χ1n) is 6.63. The van der Waals surface area contributed by atoms with Crippen LogP contribution in [-0.2, 0) is 4.79 Å². The highest BCUT2D eigenvalue weighted by Gasteiger charge is 2.25. The molecule has 1 saturated heterocycles. The van der Waals surface area contributed by atoms with Gasteiger partial charge in [0.25, 0.3) is 0 Å². The fourth-order valence-electron chi connectivity index (χ4n) is 2.19. The van der Waals surface area contributed by atoms with Gasteiger partial charge in [-0.3, -0.25) is 4.79 Å². The van der Waals surface area contributed by atoms with Crippen LogP contribution in [0.1, 0.15) is 19.8 Å². The van der Waals surface area contributed by atoms with Crippen molar-refractivity contribution >= 4 is 40.9 Å². The van der Waals surface area contributed by atoms with Crippen molar-refractivity contribution in [2.75, 3.05) is 13.1 Å². The van der Waals surface area contributed by atoms with Crippen LogP contribution in [0, 0.1) is 0 Å². The molecule has 110 valence electrons. The predicted octanol–water partition coefficient (Wildman–Crippen LogP) is 3.42. The summed E-state index contributed by atoms with van der Waals surface area (Å²) in [7, 11) is 0. The minimum atomic E-state index is -0.180. The number of amides is 1. The van der Waals surface area contributed by atoms with Gasteiger partial charge in [0.1, 0.15) is 0 Å². The molecule has 1 fully saturated rings. The topological polar surface area (TPSA) is 46.3 Å². The average Bonchev–Trinajstić information content (AvgIpc) is 2.43. The van der Waals surface area contributed by atoms with E-state index in [4.69, 9.17) is 28.9 Å². The van der Waals surface area contributed by atoms with Crippen LogP contribution in [0.15, 0.2) is 23.1 Å². The summed E-state index contributed by atoms with van der Waals surface area (Å²) < 4.78 is 0. The van der Waals surface area contributed by atoms with E-state index < -0.39 is 0 Å². The maximum Gasteiger partial charge on any atom is 0.235 e. The van der Waals surface area contributed by atoms with Gasteiger partial charge in [-0.1, -0.05) is 23.2 Å². The number of benzene rings is 1. The summed E-state index contributed by atoms with van der Waals surface area (Å²) in [4.78, 5) is 15.1. The first kappa shape index (κ1) is 16.0. The van der Waals surface area contributed by atoms with Gasteiger partial charge in [-0.25, -0.2) is 0 Å². The molecule has 0 spiro atoms. The summed E-state index contributed by atoms with van der Waals surface area (Å²) in [5, 5.41) is 1.07. The maximum atomic E-state index is 12.4. The summed E-state index contributed by atoms with van der Waals surface area (Å²) in [6.45, 7) is 3.39. The number of carbonyl (C=O) groups is 1. The van der Waals surface area contributed by atoms with Crippen molar-refractivity contribution in [3.8, 4) is 0 Å². The zero-order chi connectivity index (χ0) is 14.7. The van der Waals surface area contributed by atoms with Crippen molar-refractivity contribution in [3.63, 3.8) is 0 Å². The van der Waals surface area contributed by atoms with E-state index in [-0.39, 0.29) is 17.2 Å². The van der Waals surface area contributed by atoms with Crippen LogP contribution >= 0.6 is 35.0 Å². The highest BCUT2D eigenvalue weighted by molar-refractivity contribution is 8.00. The molecule has 0 bridgehead atoms. The number of hydrogen-bond acceptors (Lipinski definition) is 3. The van der Waals surface area contributed by atoms with Crippen molar-refractivity contribution in [1.29, 1.82) is 0 Å². The van der Waals surface area contributed by atoms with Crippen LogP contribution < -0.4 is 5.73 Å². The fourth-order valence-corrected chi connectivity index (χ4v) is 3.68. The molecule has 1 unspecified atom stereocenters. The third kappa shape index (κ3) is 4.04.